The maximum absolute atomic E-state index is 12.1. The Morgan fingerprint density at radius 1 is 1.47 bits per heavy atom. The van der Waals surface area contributed by atoms with Crippen LogP contribution in [0.3, 0.4) is 0 Å². The highest BCUT2D eigenvalue weighted by atomic mass is 32.2. The highest BCUT2D eigenvalue weighted by molar-refractivity contribution is 7.91. The van der Waals surface area contributed by atoms with Crippen molar-refractivity contribution in [3.63, 3.8) is 0 Å². The van der Waals surface area contributed by atoms with Gasteiger partial charge in [0, 0.05) is 18.8 Å². The van der Waals surface area contributed by atoms with Crippen LogP contribution in [0.15, 0.2) is 18.3 Å². The van der Waals surface area contributed by atoms with Crippen molar-refractivity contribution < 1.29 is 13.2 Å². The minimum Gasteiger partial charge on any atom is -0.373 e. The maximum Gasteiger partial charge on any atom is 0.251 e. The molecule has 1 aliphatic heterocycles. The molecule has 6 nitrogen and oxygen atoms in total. The molecular weight excluding hydrogens is 266 g/mol. The first-order chi connectivity index (χ1) is 8.84. The fourth-order valence-corrected chi connectivity index (χ4v) is 4.26. The van der Waals surface area contributed by atoms with Crippen molar-refractivity contribution >= 4 is 21.6 Å². The summed E-state index contributed by atoms with van der Waals surface area (Å²) in [5, 5.41) is 5.66. The quantitative estimate of drug-likeness (QED) is 0.840. The number of sulfone groups is 1. The lowest BCUT2D eigenvalue weighted by molar-refractivity contribution is 0.0915. The molecule has 1 aromatic rings. The molecule has 1 fully saturated rings. The molecule has 7 heteroatoms. The Morgan fingerprint density at radius 2 is 2.21 bits per heavy atom. The monoisotopic (exact) mass is 283 g/mol. The van der Waals surface area contributed by atoms with Crippen LogP contribution in [-0.2, 0) is 9.84 Å². The van der Waals surface area contributed by atoms with E-state index in [0.717, 1.165) is 0 Å². The average Bonchev–Trinajstić information content (AvgIpc) is 2.63. The van der Waals surface area contributed by atoms with Gasteiger partial charge in [-0.1, -0.05) is 0 Å². The van der Waals surface area contributed by atoms with Gasteiger partial charge in [0.25, 0.3) is 5.91 Å². The predicted molar refractivity (Wildman–Crippen MR) is 72.9 cm³/mol. The van der Waals surface area contributed by atoms with Gasteiger partial charge in [0.1, 0.15) is 5.82 Å². The van der Waals surface area contributed by atoms with Crippen molar-refractivity contribution in [3.8, 4) is 0 Å². The smallest absolute Gasteiger partial charge is 0.251 e. The lowest BCUT2D eigenvalue weighted by Crippen LogP contribution is -2.46. The van der Waals surface area contributed by atoms with Crippen molar-refractivity contribution in [2.75, 3.05) is 23.9 Å². The molecule has 1 atom stereocenters. The summed E-state index contributed by atoms with van der Waals surface area (Å²) in [4.78, 5) is 16.1. The normalized spacial score (nSPS) is 24.9. The third-order valence-corrected chi connectivity index (χ3v) is 5.10. The molecule has 0 saturated carbocycles. The van der Waals surface area contributed by atoms with Crippen LogP contribution in [0.4, 0.5) is 5.82 Å². The van der Waals surface area contributed by atoms with Crippen molar-refractivity contribution in [1.82, 2.24) is 10.3 Å². The number of aromatic nitrogens is 1. The van der Waals surface area contributed by atoms with Gasteiger partial charge in [0.2, 0.25) is 0 Å². The number of hydrogen-bond donors (Lipinski definition) is 2. The summed E-state index contributed by atoms with van der Waals surface area (Å²) in [7, 11) is -1.32. The largest absolute Gasteiger partial charge is 0.373 e. The molecule has 1 amide bonds. The second kappa shape index (κ2) is 4.80. The van der Waals surface area contributed by atoms with Crippen molar-refractivity contribution in [3.05, 3.63) is 23.9 Å². The van der Waals surface area contributed by atoms with E-state index in [2.05, 4.69) is 15.6 Å². The summed E-state index contributed by atoms with van der Waals surface area (Å²) in [5.41, 5.74) is -0.219. The zero-order chi connectivity index (χ0) is 14.1. The lowest BCUT2D eigenvalue weighted by Gasteiger charge is -2.23. The van der Waals surface area contributed by atoms with Crippen LogP contribution in [0.1, 0.15) is 23.7 Å². The Hall–Kier alpha value is -1.63. The van der Waals surface area contributed by atoms with Crippen LogP contribution >= 0.6 is 0 Å². The van der Waals surface area contributed by atoms with E-state index in [9.17, 15) is 13.2 Å². The third kappa shape index (κ3) is 3.23. The lowest BCUT2D eigenvalue weighted by atomic mass is 10.0. The first-order valence-corrected chi connectivity index (χ1v) is 7.82. The first-order valence-electron chi connectivity index (χ1n) is 6.00. The molecule has 19 heavy (non-hydrogen) atoms. The average molecular weight is 283 g/mol. The number of rotatable bonds is 3. The molecule has 0 aromatic carbocycles. The molecule has 1 aliphatic rings. The van der Waals surface area contributed by atoms with Gasteiger partial charge >= 0.3 is 0 Å². The molecule has 0 aliphatic carbocycles. The maximum atomic E-state index is 12.1. The van der Waals surface area contributed by atoms with E-state index >= 15 is 0 Å². The molecule has 0 spiro atoms. The van der Waals surface area contributed by atoms with Crippen LogP contribution in [-0.4, -0.2) is 43.4 Å². The standard InChI is InChI=1S/C12H17N3O3S/c1-12(4-6-19(17,18)8-12)15-11(16)9-3-5-14-10(7-9)13-2/h3,5,7H,4,6,8H2,1-2H3,(H,13,14)(H,15,16). The fraction of sp³-hybridized carbons (Fsp3) is 0.500. The molecule has 2 heterocycles. The number of anilines is 1. The van der Waals surface area contributed by atoms with E-state index in [0.29, 0.717) is 17.8 Å². The molecule has 2 N–H and O–H groups in total. The SMILES string of the molecule is CNc1cc(C(=O)NC2(C)CCS(=O)(=O)C2)ccn1. The Morgan fingerprint density at radius 3 is 2.79 bits per heavy atom. The molecule has 104 valence electrons. The highest BCUT2D eigenvalue weighted by Gasteiger charge is 2.39. The van der Waals surface area contributed by atoms with Crippen LogP contribution in [0.2, 0.25) is 0 Å². The minimum absolute atomic E-state index is 0.00426. The van der Waals surface area contributed by atoms with Gasteiger partial charge in [-0.15, -0.1) is 0 Å². The Kier molecular flexibility index (Phi) is 3.49. The zero-order valence-corrected chi connectivity index (χ0v) is 11.8. The molecular formula is C12H17N3O3S. The van der Waals surface area contributed by atoms with Gasteiger partial charge in [-0.2, -0.15) is 0 Å². The van der Waals surface area contributed by atoms with Crippen LogP contribution in [0.5, 0.6) is 0 Å². The van der Waals surface area contributed by atoms with Crippen molar-refractivity contribution in [2.24, 2.45) is 0 Å². The summed E-state index contributed by atoms with van der Waals surface area (Å²) in [5.74, 6) is 0.438. The van der Waals surface area contributed by atoms with Crippen LogP contribution in [0, 0.1) is 0 Å². The molecule has 2 rings (SSSR count). The number of carbonyl (C=O) groups excluding carboxylic acids is 1. The first kappa shape index (κ1) is 13.8. The molecule has 1 saturated heterocycles. The second-order valence-electron chi connectivity index (χ2n) is 5.04. The highest BCUT2D eigenvalue weighted by Crippen LogP contribution is 2.23. The van der Waals surface area contributed by atoms with E-state index in [1.54, 1.807) is 26.1 Å². The van der Waals surface area contributed by atoms with E-state index < -0.39 is 15.4 Å². The number of amides is 1. The summed E-state index contributed by atoms with van der Waals surface area (Å²) in [6, 6.07) is 3.23. The Labute approximate surface area is 112 Å². The van der Waals surface area contributed by atoms with Gasteiger partial charge in [0.15, 0.2) is 9.84 Å². The van der Waals surface area contributed by atoms with Crippen molar-refractivity contribution in [2.45, 2.75) is 18.9 Å². The van der Waals surface area contributed by atoms with Gasteiger partial charge in [0.05, 0.1) is 17.0 Å². The molecule has 1 unspecified atom stereocenters. The summed E-state index contributed by atoms with van der Waals surface area (Å²) >= 11 is 0. The second-order valence-corrected chi connectivity index (χ2v) is 7.22. The number of carbonyl (C=O) groups is 1. The number of nitrogens with zero attached hydrogens (tertiary/aromatic N) is 1. The van der Waals surface area contributed by atoms with E-state index in [1.807, 2.05) is 0 Å². The Balaban J connectivity index is 2.13. The number of hydrogen-bond acceptors (Lipinski definition) is 5. The van der Waals surface area contributed by atoms with E-state index in [-0.39, 0.29) is 17.4 Å². The minimum atomic E-state index is -3.03. The van der Waals surface area contributed by atoms with Gasteiger partial charge in [-0.3, -0.25) is 4.79 Å². The molecule has 1 aromatic heterocycles. The van der Waals surface area contributed by atoms with E-state index in [4.69, 9.17) is 0 Å². The van der Waals surface area contributed by atoms with Gasteiger partial charge < -0.3 is 10.6 Å². The summed E-state index contributed by atoms with van der Waals surface area (Å²) < 4.78 is 23.0. The summed E-state index contributed by atoms with van der Waals surface area (Å²) in [6.45, 7) is 1.76. The summed E-state index contributed by atoms with van der Waals surface area (Å²) in [6.07, 6.45) is 1.99. The fourth-order valence-electron chi connectivity index (χ4n) is 2.16. The van der Waals surface area contributed by atoms with Crippen LogP contribution < -0.4 is 10.6 Å². The third-order valence-electron chi connectivity index (χ3n) is 3.20. The predicted octanol–water partition coefficient (Wildman–Crippen LogP) is 0.430. The van der Waals surface area contributed by atoms with Gasteiger partial charge in [-0.25, -0.2) is 13.4 Å². The zero-order valence-electron chi connectivity index (χ0n) is 10.9. The Bertz CT molecular complexity index is 600. The van der Waals surface area contributed by atoms with Gasteiger partial charge in [-0.05, 0) is 25.5 Å². The topological polar surface area (TPSA) is 88.2 Å². The molecule has 0 bridgehead atoms. The van der Waals surface area contributed by atoms with Crippen molar-refractivity contribution in [1.29, 1.82) is 0 Å². The number of pyridine rings is 1. The van der Waals surface area contributed by atoms with E-state index in [1.165, 1.54) is 6.20 Å². The van der Waals surface area contributed by atoms with Crippen LogP contribution in [0.25, 0.3) is 0 Å². The molecule has 0 radical (unpaired) electrons. The number of nitrogens with one attached hydrogen (secondary N) is 2.